The number of hydrogen-bond acceptors (Lipinski definition) is 6. The topological polar surface area (TPSA) is 86.5 Å². The molecule has 0 radical (unpaired) electrons. The lowest BCUT2D eigenvalue weighted by atomic mass is 9.91. The molecule has 0 aliphatic carbocycles. The molecule has 1 atom stereocenters. The molecule has 0 spiro atoms. The van der Waals surface area contributed by atoms with Crippen LogP contribution in [0.4, 0.5) is 5.82 Å². The number of halogens is 1. The highest BCUT2D eigenvalue weighted by Crippen LogP contribution is 2.26. The monoisotopic (exact) mass is 309 g/mol. The number of pyridine rings is 1. The van der Waals surface area contributed by atoms with E-state index in [0.29, 0.717) is 36.8 Å². The van der Waals surface area contributed by atoms with Crippen LogP contribution in [0.25, 0.3) is 0 Å². The van der Waals surface area contributed by atoms with Gasteiger partial charge in [0.1, 0.15) is 11.9 Å². The van der Waals surface area contributed by atoms with Crippen molar-refractivity contribution in [1.82, 2.24) is 4.98 Å². The summed E-state index contributed by atoms with van der Waals surface area (Å²) in [5, 5.41) is 19.1. The zero-order valence-electron chi connectivity index (χ0n) is 11.6. The first kappa shape index (κ1) is 15.5. The van der Waals surface area contributed by atoms with Gasteiger partial charge in [-0.15, -0.1) is 0 Å². The Morgan fingerprint density at radius 2 is 2.24 bits per heavy atom. The van der Waals surface area contributed by atoms with E-state index in [4.69, 9.17) is 16.9 Å². The van der Waals surface area contributed by atoms with E-state index in [-0.39, 0.29) is 11.6 Å². The summed E-state index contributed by atoms with van der Waals surface area (Å²) in [6.07, 6.45) is 0.232. The van der Waals surface area contributed by atoms with Crippen molar-refractivity contribution in [3.8, 4) is 6.07 Å². The number of methoxy groups -OCH3 is 1. The van der Waals surface area contributed by atoms with Gasteiger partial charge >= 0.3 is 5.97 Å². The van der Waals surface area contributed by atoms with Gasteiger partial charge in [-0.25, -0.2) is 9.78 Å². The maximum atomic E-state index is 11.3. The van der Waals surface area contributed by atoms with Crippen LogP contribution in [0.15, 0.2) is 12.1 Å². The van der Waals surface area contributed by atoms with Gasteiger partial charge in [-0.2, -0.15) is 5.26 Å². The predicted molar refractivity (Wildman–Crippen MR) is 76.9 cm³/mol. The second kappa shape index (κ2) is 6.74. The summed E-state index contributed by atoms with van der Waals surface area (Å²) in [4.78, 5) is 17.6. The van der Waals surface area contributed by atoms with Crippen LogP contribution in [0.2, 0.25) is 5.02 Å². The minimum Gasteiger partial charge on any atom is -0.467 e. The van der Waals surface area contributed by atoms with Crippen LogP contribution in [0.1, 0.15) is 18.5 Å². The molecule has 1 aromatic rings. The Morgan fingerprint density at radius 1 is 1.57 bits per heavy atom. The number of carbonyl (C=O) groups is 1. The molecule has 1 unspecified atom stereocenters. The molecule has 0 saturated carbocycles. The lowest BCUT2D eigenvalue weighted by Crippen LogP contribution is -2.41. The fraction of sp³-hybridized carbons (Fsp3) is 0.500. The molecule has 21 heavy (non-hydrogen) atoms. The zero-order chi connectivity index (χ0) is 15.4. The standard InChI is InChI=1S/C14H16ClN3O3/c1-21-14(20)13(19)9-4-6-18(7-5-9)12-3-2-10(15)11(8-16)17-12/h2-3,9,13,19H,4-7H2,1H3. The second-order valence-electron chi connectivity index (χ2n) is 4.90. The number of ether oxygens (including phenoxy) is 1. The largest absolute Gasteiger partial charge is 0.467 e. The molecule has 0 amide bonds. The highest BCUT2D eigenvalue weighted by Gasteiger charge is 2.30. The quantitative estimate of drug-likeness (QED) is 0.848. The summed E-state index contributed by atoms with van der Waals surface area (Å²) in [6, 6.07) is 5.37. The molecular weight excluding hydrogens is 294 g/mol. The van der Waals surface area contributed by atoms with E-state index in [1.54, 1.807) is 12.1 Å². The van der Waals surface area contributed by atoms with Crippen molar-refractivity contribution in [3.63, 3.8) is 0 Å². The first-order valence-corrected chi connectivity index (χ1v) is 7.02. The number of anilines is 1. The summed E-state index contributed by atoms with van der Waals surface area (Å²) in [6.45, 7) is 1.30. The number of nitriles is 1. The van der Waals surface area contributed by atoms with Crippen LogP contribution in [0.3, 0.4) is 0 Å². The summed E-state index contributed by atoms with van der Waals surface area (Å²) in [7, 11) is 1.27. The average Bonchev–Trinajstić information content (AvgIpc) is 2.54. The Balaban J connectivity index is 2.01. The first-order valence-electron chi connectivity index (χ1n) is 6.64. The molecule has 1 fully saturated rings. The van der Waals surface area contributed by atoms with Crippen molar-refractivity contribution in [2.24, 2.45) is 5.92 Å². The lowest BCUT2D eigenvalue weighted by molar-refractivity contribution is -0.153. The van der Waals surface area contributed by atoms with Gasteiger partial charge in [0.25, 0.3) is 0 Å². The predicted octanol–water partition coefficient (Wildman–Crippen LogP) is 1.36. The minimum absolute atomic E-state index is 0.114. The van der Waals surface area contributed by atoms with Crippen LogP contribution >= 0.6 is 11.6 Å². The van der Waals surface area contributed by atoms with Gasteiger partial charge < -0.3 is 14.7 Å². The van der Waals surface area contributed by atoms with Gasteiger partial charge in [-0.3, -0.25) is 0 Å². The highest BCUT2D eigenvalue weighted by atomic mass is 35.5. The number of aromatic nitrogens is 1. The molecule has 0 aromatic carbocycles. The van der Waals surface area contributed by atoms with Crippen molar-refractivity contribution in [2.45, 2.75) is 18.9 Å². The number of nitrogens with zero attached hydrogens (tertiary/aromatic N) is 3. The SMILES string of the molecule is COC(=O)C(O)C1CCN(c2ccc(Cl)c(C#N)n2)CC1. The molecule has 6 nitrogen and oxygen atoms in total. The fourth-order valence-corrected chi connectivity index (χ4v) is 2.59. The summed E-state index contributed by atoms with van der Waals surface area (Å²) >= 11 is 5.86. The Hall–Kier alpha value is -1.84. The van der Waals surface area contributed by atoms with Gasteiger partial charge in [-0.05, 0) is 30.9 Å². The Kier molecular flexibility index (Phi) is 4.99. The van der Waals surface area contributed by atoms with Crippen molar-refractivity contribution in [1.29, 1.82) is 5.26 Å². The van der Waals surface area contributed by atoms with Crippen LogP contribution in [0, 0.1) is 17.2 Å². The van der Waals surface area contributed by atoms with E-state index in [1.807, 2.05) is 11.0 Å². The van der Waals surface area contributed by atoms with Gasteiger partial charge in [0.2, 0.25) is 0 Å². The normalized spacial score (nSPS) is 17.1. The summed E-state index contributed by atoms with van der Waals surface area (Å²) < 4.78 is 4.55. The van der Waals surface area contributed by atoms with Crippen molar-refractivity contribution in [2.75, 3.05) is 25.1 Å². The maximum absolute atomic E-state index is 11.3. The van der Waals surface area contributed by atoms with Crippen LogP contribution in [0.5, 0.6) is 0 Å². The molecule has 7 heteroatoms. The molecule has 1 saturated heterocycles. The fourth-order valence-electron chi connectivity index (χ4n) is 2.44. The third kappa shape index (κ3) is 3.43. The van der Waals surface area contributed by atoms with E-state index >= 15 is 0 Å². The smallest absolute Gasteiger partial charge is 0.334 e. The molecule has 2 heterocycles. The van der Waals surface area contributed by atoms with E-state index in [0.717, 1.165) is 0 Å². The molecular formula is C14H16ClN3O3. The zero-order valence-corrected chi connectivity index (χ0v) is 12.4. The molecule has 1 N–H and O–H groups in total. The highest BCUT2D eigenvalue weighted by molar-refractivity contribution is 6.31. The molecule has 1 aliphatic heterocycles. The molecule has 0 bridgehead atoms. The first-order chi connectivity index (χ1) is 10.1. The van der Waals surface area contributed by atoms with E-state index < -0.39 is 12.1 Å². The number of esters is 1. The van der Waals surface area contributed by atoms with Gasteiger partial charge in [0, 0.05) is 13.1 Å². The van der Waals surface area contributed by atoms with Crippen molar-refractivity contribution in [3.05, 3.63) is 22.8 Å². The third-order valence-electron chi connectivity index (χ3n) is 3.69. The Morgan fingerprint density at radius 3 is 2.81 bits per heavy atom. The lowest BCUT2D eigenvalue weighted by Gasteiger charge is -2.34. The third-order valence-corrected chi connectivity index (χ3v) is 4.00. The molecule has 112 valence electrons. The second-order valence-corrected chi connectivity index (χ2v) is 5.31. The van der Waals surface area contributed by atoms with Gasteiger partial charge in [-0.1, -0.05) is 11.6 Å². The van der Waals surface area contributed by atoms with Crippen LogP contribution < -0.4 is 4.90 Å². The molecule has 1 aliphatic rings. The number of piperidine rings is 1. The Labute approximate surface area is 127 Å². The van der Waals surface area contributed by atoms with E-state index in [1.165, 1.54) is 7.11 Å². The molecule has 1 aromatic heterocycles. The number of aliphatic hydroxyl groups is 1. The van der Waals surface area contributed by atoms with Crippen molar-refractivity contribution >= 4 is 23.4 Å². The number of carbonyl (C=O) groups excluding carboxylic acids is 1. The van der Waals surface area contributed by atoms with Gasteiger partial charge in [0.15, 0.2) is 11.8 Å². The van der Waals surface area contributed by atoms with Crippen molar-refractivity contribution < 1.29 is 14.6 Å². The minimum atomic E-state index is -1.08. The van der Waals surface area contributed by atoms with E-state index in [9.17, 15) is 9.90 Å². The maximum Gasteiger partial charge on any atom is 0.334 e. The van der Waals surface area contributed by atoms with Crippen LogP contribution in [-0.4, -0.2) is 42.4 Å². The number of rotatable bonds is 3. The summed E-state index contributed by atoms with van der Waals surface area (Å²) in [5.41, 5.74) is 0.200. The number of hydrogen-bond donors (Lipinski definition) is 1. The Bertz CT molecular complexity index is 565. The van der Waals surface area contributed by atoms with E-state index in [2.05, 4.69) is 9.72 Å². The summed E-state index contributed by atoms with van der Waals surface area (Å²) in [5.74, 6) is -0.0248. The number of aliphatic hydroxyl groups excluding tert-OH is 1. The van der Waals surface area contributed by atoms with Crippen LogP contribution in [-0.2, 0) is 9.53 Å². The van der Waals surface area contributed by atoms with Gasteiger partial charge in [0.05, 0.1) is 12.1 Å². The molecule has 2 rings (SSSR count). The average molecular weight is 310 g/mol.